The zero-order chi connectivity index (χ0) is 12.1. The molecule has 0 heterocycles. The molecule has 0 aliphatic rings. The Hall–Kier alpha value is -2.33. The molecule has 0 fully saturated rings. The summed E-state index contributed by atoms with van der Waals surface area (Å²) in [6.45, 7) is 9.18. The highest BCUT2D eigenvalue weighted by molar-refractivity contribution is 5.77. The number of hydrogen-bond acceptors (Lipinski definition) is 0. The summed E-state index contributed by atoms with van der Waals surface area (Å²) in [7, 11) is 0. The molecule has 0 saturated carbocycles. The first kappa shape index (κ1) is 11.2. The second-order valence-corrected chi connectivity index (χ2v) is 3.86. The highest BCUT2D eigenvalue weighted by atomic mass is 14.6. The molecule has 0 aliphatic heterocycles. The average molecular weight is 219 g/mol. The van der Waals surface area contributed by atoms with Crippen molar-refractivity contribution in [3.05, 3.63) is 76.6 Å². The minimum atomic E-state index is 0.692. The van der Waals surface area contributed by atoms with Gasteiger partial charge in [-0.2, -0.15) is 0 Å². The molecule has 0 aliphatic carbocycles. The summed E-state index contributed by atoms with van der Waals surface area (Å²) in [5, 5.41) is 0. The molecule has 0 amide bonds. The Morgan fingerprint density at radius 3 is 2.18 bits per heavy atom. The summed E-state index contributed by atoms with van der Waals surface area (Å²) in [6, 6.07) is 15.8. The third-order valence-electron chi connectivity index (χ3n) is 2.69. The topological polar surface area (TPSA) is 4.36 Å². The van der Waals surface area contributed by atoms with E-state index in [1.165, 1.54) is 11.1 Å². The van der Waals surface area contributed by atoms with Gasteiger partial charge in [-0.05, 0) is 23.6 Å². The zero-order valence-electron chi connectivity index (χ0n) is 9.72. The van der Waals surface area contributed by atoms with Crippen LogP contribution in [0.1, 0.15) is 16.7 Å². The molecule has 1 nitrogen and oxygen atoms in total. The summed E-state index contributed by atoms with van der Waals surface area (Å²) >= 11 is 0. The molecule has 0 saturated heterocycles. The van der Waals surface area contributed by atoms with Gasteiger partial charge in [0.2, 0.25) is 0 Å². The van der Waals surface area contributed by atoms with Crippen molar-refractivity contribution >= 4 is 17.8 Å². The van der Waals surface area contributed by atoms with Gasteiger partial charge >= 0.3 is 0 Å². The number of aryl methyl sites for hydroxylation is 1. The van der Waals surface area contributed by atoms with E-state index in [9.17, 15) is 0 Å². The quantitative estimate of drug-likeness (QED) is 0.508. The first-order chi connectivity index (χ1) is 8.31. The predicted molar refractivity (Wildman–Crippen MR) is 72.8 cm³/mol. The van der Waals surface area contributed by atoms with E-state index in [0.717, 1.165) is 5.56 Å². The van der Waals surface area contributed by atoms with Gasteiger partial charge in [0.15, 0.2) is 5.69 Å². The number of rotatable bonds is 2. The van der Waals surface area contributed by atoms with Crippen LogP contribution < -0.4 is 0 Å². The van der Waals surface area contributed by atoms with Crippen LogP contribution in [-0.4, -0.2) is 0 Å². The Kier molecular flexibility index (Phi) is 3.37. The van der Waals surface area contributed by atoms with Crippen molar-refractivity contribution in [2.24, 2.45) is 0 Å². The van der Waals surface area contributed by atoms with Gasteiger partial charge in [0.05, 0.1) is 6.57 Å². The Balaban J connectivity index is 2.33. The van der Waals surface area contributed by atoms with E-state index in [4.69, 9.17) is 6.57 Å². The monoisotopic (exact) mass is 219 g/mol. The molecule has 2 aromatic carbocycles. The van der Waals surface area contributed by atoms with Crippen LogP contribution in [0.25, 0.3) is 17.0 Å². The minimum Gasteiger partial charge on any atom is -0.238 e. The Morgan fingerprint density at radius 1 is 0.882 bits per heavy atom. The molecule has 82 valence electrons. The van der Waals surface area contributed by atoms with Gasteiger partial charge in [0.25, 0.3) is 0 Å². The molecule has 0 aromatic heterocycles. The summed E-state index contributed by atoms with van der Waals surface area (Å²) in [5.74, 6) is 0. The van der Waals surface area contributed by atoms with Crippen LogP contribution >= 0.6 is 0 Å². The second kappa shape index (κ2) is 5.14. The van der Waals surface area contributed by atoms with Crippen LogP contribution in [0.2, 0.25) is 0 Å². The van der Waals surface area contributed by atoms with Gasteiger partial charge < -0.3 is 0 Å². The van der Waals surface area contributed by atoms with Crippen molar-refractivity contribution < 1.29 is 0 Å². The Morgan fingerprint density at radius 2 is 1.47 bits per heavy atom. The maximum absolute atomic E-state index is 7.10. The predicted octanol–water partition coefficient (Wildman–Crippen LogP) is 4.72. The smallest absolute Gasteiger partial charge is 0.194 e. The number of hydrogen-bond donors (Lipinski definition) is 0. The van der Waals surface area contributed by atoms with Gasteiger partial charge in [-0.1, -0.05) is 60.7 Å². The van der Waals surface area contributed by atoms with E-state index in [1.807, 2.05) is 42.5 Å². The van der Waals surface area contributed by atoms with Gasteiger partial charge in [0, 0.05) is 0 Å². The summed E-state index contributed by atoms with van der Waals surface area (Å²) < 4.78 is 0. The number of para-hydroxylation sites is 1. The van der Waals surface area contributed by atoms with Crippen molar-refractivity contribution in [1.29, 1.82) is 0 Å². The lowest BCUT2D eigenvalue weighted by molar-refractivity contribution is 1.45. The lowest BCUT2D eigenvalue weighted by atomic mass is 10.1. The third-order valence-corrected chi connectivity index (χ3v) is 2.69. The van der Waals surface area contributed by atoms with Crippen molar-refractivity contribution in [2.45, 2.75) is 6.92 Å². The maximum atomic E-state index is 7.10. The molecule has 0 bridgehead atoms. The fourth-order valence-corrected chi connectivity index (χ4v) is 1.68. The minimum absolute atomic E-state index is 0.692. The number of nitrogens with zero attached hydrogens (tertiary/aromatic N) is 1. The highest BCUT2D eigenvalue weighted by Gasteiger charge is 1.96. The van der Waals surface area contributed by atoms with Crippen molar-refractivity contribution in [2.75, 3.05) is 0 Å². The van der Waals surface area contributed by atoms with Crippen molar-refractivity contribution in [1.82, 2.24) is 0 Å². The molecule has 0 unspecified atom stereocenters. The molecule has 0 spiro atoms. The van der Waals surface area contributed by atoms with Crippen LogP contribution in [0, 0.1) is 13.5 Å². The first-order valence-corrected chi connectivity index (χ1v) is 5.51. The average Bonchev–Trinajstić information content (AvgIpc) is 2.38. The normalized spacial score (nSPS) is 10.4. The van der Waals surface area contributed by atoms with Crippen LogP contribution in [0.5, 0.6) is 0 Å². The standard InChI is InChI=1S/C16H13N/c1-13-7-3-4-8-14(13)11-12-15-9-5-6-10-16(15)17-2/h3-12H,1H3/b12-11+. The van der Waals surface area contributed by atoms with E-state index < -0.39 is 0 Å². The lowest BCUT2D eigenvalue weighted by Gasteiger charge is -2.00. The van der Waals surface area contributed by atoms with Crippen LogP contribution in [-0.2, 0) is 0 Å². The van der Waals surface area contributed by atoms with E-state index in [-0.39, 0.29) is 0 Å². The Labute approximate surface area is 102 Å². The second-order valence-electron chi connectivity index (χ2n) is 3.86. The van der Waals surface area contributed by atoms with E-state index in [0.29, 0.717) is 5.69 Å². The summed E-state index contributed by atoms with van der Waals surface area (Å²) in [6.07, 6.45) is 4.05. The molecule has 17 heavy (non-hydrogen) atoms. The molecule has 2 rings (SSSR count). The molecule has 0 N–H and O–H groups in total. The Bertz CT molecular complexity index is 588. The zero-order valence-corrected chi connectivity index (χ0v) is 9.72. The summed E-state index contributed by atoms with van der Waals surface area (Å²) in [4.78, 5) is 3.50. The largest absolute Gasteiger partial charge is 0.238 e. The molecule has 0 atom stereocenters. The van der Waals surface area contributed by atoms with Crippen molar-refractivity contribution in [3.63, 3.8) is 0 Å². The molecular weight excluding hydrogens is 206 g/mol. The molecule has 1 heteroatoms. The SMILES string of the molecule is [C-]#[N+]c1ccccc1/C=C/c1ccccc1C. The van der Waals surface area contributed by atoms with Gasteiger partial charge in [-0.3, -0.25) is 0 Å². The van der Waals surface area contributed by atoms with Crippen LogP contribution in [0.15, 0.2) is 48.5 Å². The summed E-state index contributed by atoms with van der Waals surface area (Å²) in [5.41, 5.74) is 4.08. The number of benzene rings is 2. The first-order valence-electron chi connectivity index (χ1n) is 5.51. The van der Waals surface area contributed by atoms with Gasteiger partial charge in [0.1, 0.15) is 0 Å². The van der Waals surface area contributed by atoms with Gasteiger partial charge in [-0.25, -0.2) is 4.85 Å². The maximum Gasteiger partial charge on any atom is 0.194 e. The molecule has 2 aromatic rings. The lowest BCUT2D eigenvalue weighted by Crippen LogP contribution is -1.78. The molecular formula is C16H13N. The fourth-order valence-electron chi connectivity index (χ4n) is 1.68. The van der Waals surface area contributed by atoms with Crippen LogP contribution in [0.4, 0.5) is 5.69 Å². The molecule has 0 radical (unpaired) electrons. The van der Waals surface area contributed by atoms with Crippen molar-refractivity contribution in [3.8, 4) is 0 Å². The fraction of sp³-hybridized carbons (Fsp3) is 0.0625. The van der Waals surface area contributed by atoms with E-state index in [1.54, 1.807) is 0 Å². The van der Waals surface area contributed by atoms with E-state index >= 15 is 0 Å². The van der Waals surface area contributed by atoms with E-state index in [2.05, 4.69) is 30.0 Å². The van der Waals surface area contributed by atoms with Gasteiger partial charge in [-0.15, -0.1) is 0 Å². The third kappa shape index (κ3) is 2.62. The highest BCUT2D eigenvalue weighted by Crippen LogP contribution is 2.21. The van der Waals surface area contributed by atoms with Crippen LogP contribution in [0.3, 0.4) is 0 Å².